The number of hydrogen-bond acceptors (Lipinski definition) is 6. The lowest BCUT2D eigenvalue weighted by atomic mass is 9.87. The number of allylic oxidation sites excluding steroid dienone is 1. The fourth-order valence-electron chi connectivity index (χ4n) is 3.10. The standard InChI is InChI=1S/C23H29N5O2S2/c1-6-13-28-20(26-27-22(28)31)19-15(2)24-21(32-19)25-18(29)8-7-14-30-17-11-9-16(10-12-17)23(3,4)5/h6,9-12H,1,7-8,13-14H2,2-5H3,(H,27,31)(H,24,25,29). The number of amides is 1. The van der Waals surface area contributed by atoms with Crippen molar-refractivity contribution in [2.24, 2.45) is 0 Å². The molecule has 0 aliphatic carbocycles. The van der Waals surface area contributed by atoms with Crippen LogP contribution in [0.4, 0.5) is 5.13 Å². The van der Waals surface area contributed by atoms with Gasteiger partial charge in [-0.05, 0) is 48.7 Å². The summed E-state index contributed by atoms with van der Waals surface area (Å²) < 4.78 is 8.14. The van der Waals surface area contributed by atoms with Gasteiger partial charge in [0, 0.05) is 13.0 Å². The Morgan fingerprint density at radius 1 is 1.34 bits per heavy atom. The Balaban J connectivity index is 1.51. The van der Waals surface area contributed by atoms with E-state index in [1.807, 2.05) is 23.6 Å². The quantitative estimate of drug-likeness (QED) is 0.239. The third kappa shape index (κ3) is 5.92. The number of carbonyl (C=O) groups excluding carboxylic acids is 1. The van der Waals surface area contributed by atoms with Gasteiger partial charge in [0.1, 0.15) is 5.75 Å². The largest absolute Gasteiger partial charge is 0.494 e. The van der Waals surface area contributed by atoms with E-state index in [2.05, 4.69) is 60.0 Å². The number of ether oxygens (including phenoxy) is 1. The number of nitrogens with one attached hydrogen (secondary N) is 2. The maximum Gasteiger partial charge on any atom is 0.226 e. The Bertz CT molecular complexity index is 1140. The monoisotopic (exact) mass is 471 g/mol. The Morgan fingerprint density at radius 2 is 2.06 bits per heavy atom. The van der Waals surface area contributed by atoms with Crippen LogP contribution >= 0.6 is 23.6 Å². The van der Waals surface area contributed by atoms with Crippen LogP contribution < -0.4 is 10.1 Å². The summed E-state index contributed by atoms with van der Waals surface area (Å²) in [5, 5.41) is 10.5. The molecule has 0 unspecified atom stereocenters. The zero-order valence-corrected chi connectivity index (χ0v) is 20.5. The lowest BCUT2D eigenvalue weighted by Crippen LogP contribution is -2.13. The van der Waals surface area contributed by atoms with Crippen molar-refractivity contribution in [2.45, 2.75) is 52.5 Å². The molecule has 32 heavy (non-hydrogen) atoms. The van der Waals surface area contributed by atoms with Crippen molar-refractivity contribution in [3.63, 3.8) is 0 Å². The summed E-state index contributed by atoms with van der Waals surface area (Å²) in [6.45, 7) is 13.2. The summed E-state index contributed by atoms with van der Waals surface area (Å²) in [7, 11) is 0. The molecule has 2 N–H and O–H groups in total. The summed E-state index contributed by atoms with van der Waals surface area (Å²) in [5.41, 5.74) is 2.16. The Hall–Kier alpha value is -2.78. The highest BCUT2D eigenvalue weighted by atomic mass is 32.1. The molecule has 2 heterocycles. The van der Waals surface area contributed by atoms with E-state index in [1.54, 1.807) is 6.08 Å². The molecule has 1 amide bonds. The van der Waals surface area contributed by atoms with Gasteiger partial charge in [0.2, 0.25) is 5.91 Å². The third-order valence-electron chi connectivity index (χ3n) is 4.85. The van der Waals surface area contributed by atoms with Gasteiger partial charge >= 0.3 is 0 Å². The molecular weight excluding hydrogens is 442 g/mol. The first-order valence-corrected chi connectivity index (χ1v) is 11.7. The molecule has 0 fully saturated rings. The summed E-state index contributed by atoms with van der Waals surface area (Å²) >= 11 is 6.65. The molecule has 7 nitrogen and oxygen atoms in total. The lowest BCUT2D eigenvalue weighted by molar-refractivity contribution is -0.116. The first kappa shape index (κ1) is 23.9. The van der Waals surface area contributed by atoms with Crippen molar-refractivity contribution in [3.05, 3.63) is 52.9 Å². The predicted molar refractivity (Wildman–Crippen MR) is 132 cm³/mol. The maximum atomic E-state index is 12.4. The molecule has 0 atom stereocenters. The van der Waals surface area contributed by atoms with E-state index in [1.165, 1.54) is 16.9 Å². The number of benzene rings is 1. The first-order chi connectivity index (χ1) is 15.2. The number of H-pyrrole nitrogens is 1. The van der Waals surface area contributed by atoms with Crippen LogP contribution in [0.15, 0.2) is 36.9 Å². The zero-order valence-electron chi connectivity index (χ0n) is 18.9. The van der Waals surface area contributed by atoms with E-state index >= 15 is 0 Å². The highest BCUT2D eigenvalue weighted by Crippen LogP contribution is 2.31. The summed E-state index contributed by atoms with van der Waals surface area (Å²) in [4.78, 5) is 17.7. The number of carbonyl (C=O) groups is 1. The zero-order chi connectivity index (χ0) is 23.3. The van der Waals surface area contributed by atoms with Crippen molar-refractivity contribution in [1.82, 2.24) is 19.7 Å². The number of aromatic amines is 1. The number of hydrogen-bond donors (Lipinski definition) is 2. The van der Waals surface area contributed by atoms with Gasteiger partial charge < -0.3 is 10.1 Å². The summed E-state index contributed by atoms with van der Waals surface area (Å²) in [6, 6.07) is 8.11. The highest BCUT2D eigenvalue weighted by Gasteiger charge is 2.17. The maximum absolute atomic E-state index is 12.4. The minimum Gasteiger partial charge on any atom is -0.494 e. The van der Waals surface area contributed by atoms with E-state index in [0.717, 1.165) is 16.3 Å². The minimum absolute atomic E-state index is 0.0954. The molecule has 3 rings (SSSR count). The van der Waals surface area contributed by atoms with Gasteiger partial charge in [-0.25, -0.2) is 4.98 Å². The molecule has 0 bridgehead atoms. The second-order valence-corrected chi connectivity index (χ2v) is 9.85. The average molecular weight is 472 g/mol. The van der Waals surface area contributed by atoms with E-state index < -0.39 is 0 Å². The van der Waals surface area contributed by atoms with Crippen LogP contribution in [0.2, 0.25) is 0 Å². The van der Waals surface area contributed by atoms with Crippen LogP contribution in [0, 0.1) is 11.7 Å². The second kappa shape index (κ2) is 10.2. The van der Waals surface area contributed by atoms with E-state index in [-0.39, 0.29) is 11.3 Å². The summed E-state index contributed by atoms with van der Waals surface area (Å²) in [6.07, 6.45) is 2.72. The first-order valence-electron chi connectivity index (χ1n) is 10.5. The van der Waals surface area contributed by atoms with Crippen LogP contribution in [-0.4, -0.2) is 32.3 Å². The van der Waals surface area contributed by atoms with Gasteiger partial charge in [-0.2, -0.15) is 5.10 Å². The van der Waals surface area contributed by atoms with Crippen molar-refractivity contribution in [2.75, 3.05) is 11.9 Å². The minimum atomic E-state index is -0.0954. The van der Waals surface area contributed by atoms with E-state index in [0.29, 0.717) is 41.7 Å². The fourth-order valence-corrected chi connectivity index (χ4v) is 4.29. The Labute approximate surface area is 197 Å². The smallest absolute Gasteiger partial charge is 0.226 e. The number of aromatic nitrogens is 4. The topological polar surface area (TPSA) is 84.8 Å². The predicted octanol–water partition coefficient (Wildman–Crippen LogP) is 5.65. The van der Waals surface area contributed by atoms with Gasteiger partial charge in [0.05, 0.1) is 17.2 Å². The molecule has 0 saturated heterocycles. The van der Waals surface area contributed by atoms with Crippen LogP contribution in [0.3, 0.4) is 0 Å². The Kier molecular flexibility index (Phi) is 7.63. The lowest BCUT2D eigenvalue weighted by Gasteiger charge is -2.19. The van der Waals surface area contributed by atoms with Crippen molar-refractivity contribution >= 4 is 34.6 Å². The molecule has 0 aliphatic rings. The third-order valence-corrected chi connectivity index (χ3v) is 6.23. The van der Waals surface area contributed by atoms with Crippen molar-refractivity contribution in [3.8, 4) is 16.5 Å². The molecule has 1 aromatic carbocycles. The molecule has 3 aromatic rings. The van der Waals surface area contributed by atoms with Gasteiger partial charge in [-0.15, -0.1) is 6.58 Å². The summed E-state index contributed by atoms with van der Waals surface area (Å²) in [5.74, 6) is 1.41. The van der Waals surface area contributed by atoms with Gasteiger partial charge in [-0.3, -0.25) is 14.5 Å². The normalized spacial score (nSPS) is 11.4. The molecular formula is C23H29N5O2S2. The molecule has 170 valence electrons. The number of rotatable bonds is 9. The van der Waals surface area contributed by atoms with Crippen LogP contribution in [0.5, 0.6) is 5.75 Å². The molecule has 0 radical (unpaired) electrons. The number of nitrogens with zero attached hydrogens (tertiary/aromatic N) is 3. The molecule has 2 aromatic heterocycles. The number of anilines is 1. The number of aryl methyl sites for hydroxylation is 1. The number of thiazole rings is 1. The van der Waals surface area contributed by atoms with Crippen molar-refractivity contribution < 1.29 is 9.53 Å². The van der Waals surface area contributed by atoms with Crippen molar-refractivity contribution in [1.29, 1.82) is 0 Å². The van der Waals surface area contributed by atoms with Gasteiger partial charge in [0.15, 0.2) is 15.7 Å². The van der Waals surface area contributed by atoms with Crippen LogP contribution in [-0.2, 0) is 16.8 Å². The van der Waals surface area contributed by atoms with E-state index in [9.17, 15) is 4.79 Å². The molecule has 9 heteroatoms. The van der Waals surface area contributed by atoms with Gasteiger partial charge in [-0.1, -0.05) is 50.3 Å². The second-order valence-electron chi connectivity index (χ2n) is 8.46. The van der Waals surface area contributed by atoms with Crippen LogP contribution in [0.1, 0.15) is 44.9 Å². The molecule has 0 saturated carbocycles. The van der Waals surface area contributed by atoms with Crippen LogP contribution in [0.25, 0.3) is 10.7 Å². The average Bonchev–Trinajstić information content (AvgIpc) is 3.27. The molecule has 0 spiro atoms. The Morgan fingerprint density at radius 3 is 2.72 bits per heavy atom. The van der Waals surface area contributed by atoms with Gasteiger partial charge in [0.25, 0.3) is 0 Å². The highest BCUT2D eigenvalue weighted by molar-refractivity contribution is 7.71. The van der Waals surface area contributed by atoms with E-state index in [4.69, 9.17) is 17.0 Å². The fraction of sp³-hybridized carbons (Fsp3) is 0.391. The molecule has 0 aliphatic heterocycles. The SMILES string of the molecule is C=CCn1c(-c2sc(NC(=O)CCCOc3ccc(C(C)(C)C)cc3)nc2C)n[nH]c1=S.